The lowest BCUT2D eigenvalue weighted by Gasteiger charge is -2.42. The first-order valence-electron chi connectivity index (χ1n) is 12.8. The zero-order chi connectivity index (χ0) is 29.4. The summed E-state index contributed by atoms with van der Waals surface area (Å²) in [5.41, 5.74) is 0.0672. The molecule has 2 heterocycles. The van der Waals surface area contributed by atoms with Crippen LogP contribution in [-0.4, -0.2) is 60.7 Å². The highest BCUT2D eigenvalue weighted by atomic mass is 19.4. The topological polar surface area (TPSA) is 96.7 Å². The number of Topliss-reactive ketones (excluding diaryl/α,β-unsaturated/α-hetero) is 1. The van der Waals surface area contributed by atoms with Gasteiger partial charge in [-0.3, -0.25) is 14.5 Å². The van der Waals surface area contributed by atoms with Crippen molar-refractivity contribution >= 4 is 23.4 Å². The summed E-state index contributed by atoms with van der Waals surface area (Å²) >= 11 is 0. The van der Waals surface area contributed by atoms with E-state index in [4.69, 9.17) is 0 Å². The van der Waals surface area contributed by atoms with Gasteiger partial charge in [-0.25, -0.2) is 4.79 Å². The maximum Gasteiger partial charge on any atom is 0.416 e. The molecule has 0 saturated carbocycles. The van der Waals surface area contributed by atoms with Crippen molar-refractivity contribution < 1.29 is 27.6 Å². The van der Waals surface area contributed by atoms with E-state index in [0.717, 1.165) is 43.0 Å². The molecule has 0 spiro atoms. The van der Waals surface area contributed by atoms with Crippen molar-refractivity contribution in [3.63, 3.8) is 0 Å². The maximum absolute atomic E-state index is 13.7. The highest BCUT2D eigenvalue weighted by molar-refractivity contribution is 6.06. The molecule has 2 aliphatic heterocycles. The maximum atomic E-state index is 13.7. The number of anilines is 1. The molecule has 8 nitrogen and oxygen atoms in total. The van der Waals surface area contributed by atoms with Crippen LogP contribution in [0.25, 0.3) is 0 Å². The molecule has 11 heteroatoms. The fraction of sp³-hybridized carbons (Fsp3) is 0.379. The Morgan fingerprint density at radius 1 is 1.07 bits per heavy atom. The van der Waals surface area contributed by atoms with Crippen LogP contribution in [-0.2, 0) is 11.0 Å². The summed E-state index contributed by atoms with van der Waals surface area (Å²) in [6, 6.07) is 9.09. The van der Waals surface area contributed by atoms with Crippen LogP contribution >= 0.6 is 0 Å². The Kier molecular flexibility index (Phi) is 8.03. The lowest BCUT2D eigenvalue weighted by molar-refractivity contribution is -0.137. The highest BCUT2D eigenvalue weighted by Crippen LogP contribution is 2.41. The molecule has 2 aliphatic rings. The Labute approximate surface area is 230 Å². The second-order valence-electron chi connectivity index (χ2n) is 10.2. The second kappa shape index (κ2) is 11.1. The van der Waals surface area contributed by atoms with E-state index in [2.05, 4.69) is 10.2 Å². The standard InChI is InChI=1S/C29H30F3N5O3/c1-17-25(18(2)38)26(36(4)28(40)37(17)22-7-5-6-20(15-22)29(30,31)32)23-9-8-19(16-33)14-24(23)27(39)34-21-10-12-35(3)13-11-21/h5-9,14-15,21,26H,10-13H2,1-4H3,(H,34,39). The number of carbonyl (C=O) groups excluding carboxylic acids is 3. The van der Waals surface area contributed by atoms with Crippen molar-refractivity contribution in [1.29, 1.82) is 5.26 Å². The lowest BCUT2D eigenvalue weighted by Crippen LogP contribution is -2.49. The van der Waals surface area contributed by atoms with Crippen LogP contribution in [0.2, 0.25) is 0 Å². The fourth-order valence-electron chi connectivity index (χ4n) is 5.34. The van der Waals surface area contributed by atoms with E-state index in [1.165, 1.54) is 50.1 Å². The van der Waals surface area contributed by atoms with Crippen LogP contribution < -0.4 is 10.2 Å². The normalized spacial score (nSPS) is 19.1. The number of ketones is 1. The summed E-state index contributed by atoms with van der Waals surface area (Å²) < 4.78 is 40.3. The van der Waals surface area contributed by atoms with Crippen LogP contribution in [0, 0.1) is 11.3 Å². The fourth-order valence-corrected chi connectivity index (χ4v) is 5.34. The predicted molar refractivity (Wildman–Crippen MR) is 142 cm³/mol. The number of allylic oxidation sites excluding steroid dienone is 1. The van der Waals surface area contributed by atoms with Crippen molar-refractivity contribution in [1.82, 2.24) is 15.1 Å². The molecule has 1 fully saturated rings. The monoisotopic (exact) mass is 553 g/mol. The number of halogens is 3. The Morgan fingerprint density at radius 3 is 2.35 bits per heavy atom. The third kappa shape index (κ3) is 5.58. The van der Waals surface area contributed by atoms with Crippen LogP contribution in [0.5, 0.6) is 0 Å². The van der Waals surface area contributed by atoms with Crippen molar-refractivity contribution in [2.45, 2.75) is 44.9 Å². The summed E-state index contributed by atoms with van der Waals surface area (Å²) in [6.07, 6.45) is -3.12. The minimum atomic E-state index is -4.62. The van der Waals surface area contributed by atoms with E-state index in [-0.39, 0.29) is 34.1 Å². The van der Waals surface area contributed by atoms with Crippen LogP contribution in [0.1, 0.15) is 59.8 Å². The Balaban J connectivity index is 1.81. The van der Waals surface area contributed by atoms with Gasteiger partial charge in [0.2, 0.25) is 0 Å². The molecule has 2 aromatic carbocycles. The number of nitriles is 1. The van der Waals surface area contributed by atoms with E-state index in [1.807, 2.05) is 13.1 Å². The number of nitrogens with zero attached hydrogens (tertiary/aromatic N) is 4. The third-order valence-electron chi connectivity index (χ3n) is 7.47. The number of hydrogen-bond donors (Lipinski definition) is 1. The van der Waals surface area contributed by atoms with Gasteiger partial charge in [0.1, 0.15) is 0 Å². The van der Waals surface area contributed by atoms with Crippen molar-refractivity contribution in [2.24, 2.45) is 0 Å². The van der Waals surface area contributed by atoms with Gasteiger partial charge in [-0.15, -0.1) is 0 Å². The molecule has 3 amide bonds. The average molecular weight is 554 g/mol. The molecule has 1 N–H and O–H groups in total. The van der Waals surface area contributed by atoms with Crippen molar-refractivity contribution in [3.8, 4) is 6.07 Å². The van der Waals surface area contributed by atoms with Gasteiger partial charge in [0.05, 0.1) is 28.9 Å². The van der Waals surface area contributed by atoms with Gasteiger partial charge < -0.3 is 15.1 Å². The molecule has 1 saturated heterocycles. The molecule has 40 heavy (non-hydrogen) atoms. The Hall–Kier alpha value is -4.17. The first-order valence-corrected chi connectivity index (χ1v) is 12.8. The van der Waals surface area contributed by atoms with E-state index in [9.17, 15) is 32.8 Å². The van der Waals surface area contributed by atoms with Crippen molar-refractivity contribution in [2.75, 3.05) is 32.1 Å². The molecule has 1 unspecified atom stereocenters. The number of urea groups is 1. The molecule has 210 valence electrons. The van der Waals surface area contributed by atoms with Gasteiger partial charge in [0.25, 0.3) is 5.91 Å². The van der Waals surface area contributed by atoms with Gasteiger partial charge in [0, 0.05) is 29.9 Å². The van der Waals surface area contributed by atoms with E-state index >= 15 is 0 Å². The van der Waals surface area contributed by atoms with E-state index in [0.29, 0.717) is 5.56 Å². The minimum absolute atomic E-state index is 0.0403. The smallest absolute Gasteiger partial charge is 0.349 e. The molecule has 0 aliphatic carbocycles. The molecule has 4 rings (SSSR count). The molecule has 0 aromatic heterocycles. The van der Waals surface area contributed by atoms with Gasteiger partial charge in [-0.1, -0.05) is 12.1 Å². The molecule has 0 radical (unpaired) electrons. The summed E-state index contributed by atoms with van der Waals surface area (Å²) in [5.74, 6) is -0.840. The number of likely N-dealkylation sites (tertiary alicyclic amines) is 1. The number of piperidine rings is 1. The third-order valence-corrected chi connectivity index (χ3v) is 7.47. The summed E-state index contributed by atoms with van der Waals surface area (Å²) in [4.78, 5) is 44.7. The first kappa shape index (κ1) is 28.8. The summed E-state index contributed by atoms with van der Waals surface area (Å²) in [6.45, 7) is 4.44. The Bertz CT molecular complexity index is 1420. The number of nitrogens with one attached hydrogen (secondary N) is 1. The number of alkyl halides is 3. The Morgan fingerprint density at radius 2 is 1.75 bits per heavy atom. The predicted octanol–water partition coefficient (Wildman–Crippen LogP) is 4.88. The molecular weight excluding hydrogens is 523 g/mol. The minimum Gasteiger partial charge on any atom is -0.349 e. The molecule has 2 aromatic rings. The van der Waals surface area contributed by atoms with Crippen molar-refractivity contribution in [3.05, 3.63) is 76.0 Å². The second-order valence-corrected chi connectivity index (χ2v) is 10.2. The number of rotatable bonds is 5. The van der Waals surface area contributed by atoms with Crippen LogP contribution in [0.4, 0.5) is 23.7 Å². The van der Waals surface area contributed by atoms with Crippen LogP contribution in [0.15, 0.2) is 53.7 Å². The zero-order valence-electron chi connectivity index (χ0n) is 22.7. The summed E-state index contributed by atoms with van der Waals surface area (Å²) in [7, 11) is 3.43. The number of amides is 3. The van der Waals surface area contributed by atoms with Gasteiger partial charge in [0.15, 0.2) is 5.78 Å². The van der Waals surface area contributed by atoms with Gasteiger partial charge in [-0.05, 0) is 82.7 Å². The summed E-state index contributed by atoms with van der Waals surface area (Å²) in [5, 5.41) is 12.5. The van der Waals surface area contributed by atoms with E-state index < -0.39 is 35.5 Å². The first-order chi connectivity index (χ1) is 18.8. The number of benzene rings is 2. The number of hydrogen-bond acceptors (Lipinski definition) is 5. The number of likely N-dealkylation sites (N-methyl/N-ethyl adjacent to an activating group) is 1. The molecular formula is C29H30F3N5O3. The molecule has 0 bridgehead atoms. The van der Waals surface area contributed by atoms with Crippen LogP contribution in [0.3, 0.4) is 0 Å². The lowest BCUT2D eigenvalue weighted by atomic mass is 9.87. The number of carbonyl (C=O) groups is 3. The van der Waals surface area contributed by atoms with E-state index in [1.54, 1.807) is 6.07 Å². The largest absolute Gasteiger partial charge is 0.416 e. The zero-order valence-corrected chi connectivity index (χ0v) is 22.7. The highest BCUT2D eigenvalue weighted by Gasteiger charge is 2.41. The average Bonchev–Trinajstić information content (AvgIpc) is 2.91. The van der Waals surface area contributed by atoms with Gasteiger partial charge >= 0.3 is 12.2 Å². The molecule has 1 atom stereocenters. The van der Waals surface area contributed by atoms with Gasteiger partial charge in [-0.2, -0.15) is 18.4 Å². The SMILES string of the molecule is CC(=O)C1=C(C)N(c2cccc(C(F)(F)F)c2)C(=O)N(C)C1c1ccc(C#N)cc1C(=O)NC1CCN(C)CC1. The quantitative estimate of drug-likeness (QED) is 0.570.